The van der Waals surface area contributed by atoms with Crippen molar-refractivity contribution in [3.63, 3.8) is 0 Å². The maximum atomic E-state index is 12.1. The topological polar surface area (TPSA) is 81.4 Å². The van der Waals surface area contributed by atoms with Crippen LogP contribution in [0.4, 0.5) is 0 Å². The van der Waals surface area contributed by atoms with Gasteiger partial charge in [-0.1, -0.05) is 18.2 Å². The van der Waals surface area contributed by atoms with Crippen molar-refractivity contribution in [2.75, 3.05) is 13.2 Å². The normalized spacial score (nSPS) is 16.7. The maximum Gasteiger partial charge on any atom is 0.252 e. The Morgan fingerprint density at radius 1 is 1.39 bits per heavy atom. The van der Waals surface area contributed by atoms with Gasteiger partial charge in [-0.25, -0.2) is 0 Å². The third-order valence-electron chi connectivity index (χ3n) is 3.04. The number of ether oxygens (including phenoxy) is 1. The largest absolute Gasteiger partial charge is 0.376 e. The van der Waals surface area contributed by atoms with E-state index in [9.17, 15) is 9.59 Å². The van der Waals surface area contributed by atoms with E-state index in [1.54, 1.807) is 12.1 Å². The zero-order chi connectivity index (χ0) is 13.2. The van der Waals surface area contributed by atoms with Crippen LogP contribution in [0.15, 0.2) is 24.3 Å². The van der Waals surface area contributed by atoms with Crippen LogP contribution in [-0.2, 0) is 9.53 Å². The van der Waals surface area contributed by atoms with Crippen LogP contribution in [-0.4, -0.2) is 30.6 Å². The van der Waals surface area contributed by atoms with E-state index in [0.717, 1.165) is 5.56 Å². The van der Waals surface area contributed by atoms with Crippen molar-refractivity contribution < 1.29 is 14.3 Å². The van der Waals surface area contributed by atoms with Crippen LogP contribution in [0.3, 0.4) is 0 Å². The second-order valence-electron chi connectivity index (χ2n) is 4.69. The molecular formula is C13H16N2O3. The molecule has 0 aliphatic carbocycles. The number of benzene rings is 1. The molecule has 2 rings (SSSR count). The molecule has 0 saturated carbocycles. The Morgan fingerprint density at radius 3 is 2.56 bits per heavy atom. The summed E-state index contributed by atoms with van der Waals surface area (Å²) in [5.41, 5.74) is 6.05. The van der Waals surface area contributed by atoms with E-state index in [1.165, 1.54) is 0 Å². The minimum absolute atomic E-state index is 0.102. The van der Waals surface area contributed by atoms with E-state index >= 15 is 0 Å². The van der Waals surface area contributed by atoms with E-state index in [0.29, 0.717) is 18.8 Å². The van der Waals surface area contributed by atoms with Gasteiger partial charge in [0.1, 0.15) is 0 Å². The molecule has 5 nitrogen and oxygen atoms in total. The van der Waals surface area contributed by atoms with E-state index in [1.807, 2.05) is 19.1 Å². The second kappa shape index (κ2) is 4.78. The van der Waals surface area contributed by atoms with Crippen molar-refractivity contribution in [2.45, 2.75) is 18.9 Å². The molecule has 0 aromatic heterocycles. The summed E-state index contributed by atoms with van der Waals surface area (Å²) in [5, 5.41) is 2.85. The van der Waals surface area contributed by atoms with Gasteiger partial charge in [0.25, 0.3) is 5.91 Å². The maximum absolute atomic E-state index is 12.1. The van der Waals surface area contributed by atoms with Gasteiger partial charge in [0.15, 0.2) is 0 Å². The van der Waals surface area contributed by atoms with Crippen LogP contribution < -0.4 is 11.1 Å². The highest BCUT2D eigenvalue weighted by Crippen LogP contribution is 2.22. The Kier molecular flexibility index (Phi) is 3.34. The Labute approximate surface area is 105 Å². The average Bonchev–Trinajstić information content (AvgIpc) is 2.25. The number of aryl methyl sites for hydroxylation is 1. The second-order valence-corrected chi connectivity index (χ2v) is 4.69. The minimum atomic E-state index is -0.634. The molecule has 2 amide bonds. The molecule has 5 heteroatoms. The summed E-state index contributed by atoms with van der Waals surface area (Å²) in [4.78, 5) is 23.1. The van der Waals surface area contributed by atoms with Crippen molar-refractivity contribution in [2.24, 2.45) is 5.73 Å². The number of primary amides is 1. The molecule has 0 atom stereocenters. The number of carbonyl (C=O) groups is 2. The SMILES string of the molecule is Cc1ccccc1C(=O)NC1(CC(N)=O)COC1. The van der Waals surface area contributed by atoms with Crippen molar-refractivity contribution in [3.8, 4) is 0 Å². The molecule has 1 fully saturated rings. The first kappa shape index (κ1) is 12.6. The quantitative estimate of drug-likeness (QED) is 0.807. The molecule has 1 saturated heterocycles. The van der Waals surface area contributed by atoms with Gasteiger partial charge in [0, 0.05) is 5.56 Å². The molecule has 0 unspecified atom stereocenters. The Balaban J connectivity index is 2.11. The van der Waals surface area contributed by atoms with Gasteiger partial charge in [-0.05, 0) is 18.6 Å². The lowest BCUT2D eigenvalue weighted by Crippen LogP contribution is -2.63. The fourth-order valence-corrected chi connectivity index (χ4v) is 2.04. The van der Waals surface area contributed by atoms with Crippen LogP contribution in [0.25, 0.3) is 0 Å². The average molecular weight is 248 g/mol. The highest BCUT2D eigenvalue weighted by atomic mass is 16.5. The van der Waals surface area contributed by atoms with Gasteiger partial charge in [-0.2, -0.15) is 0 Å². The monoisotopic (exact) mass is 248 g/mol. The van der Waals surface area contributed by atoms with Crippen molar-refractivity contribution in [1.82, 2.24) is 5.32 Å². The number of carbonyl (C=O) groups excluding carboxylic acids is 2. The number of amides is 2. The molecule has 1 aliphatic heterocycles. The summed E-state index contributed by atoms with van der Waals surface area (Å²) >= 11 is 0. The predicted octanol–water partition coefficient (Wildman–Crippen LogP) is 0.369. The summed E-state index contributed by atoms with van der Waals surface area (Å²) < 4.78 is 5.08. The molecule has 3 N–H and O–H groups in total. The van der Waals surface area contributed by atoms with Gasteiger partial charge in [-0.3, -0.25) is 9.59 Å². The first-order chi connectivity index (χ1) is 8.52. The van der Waals surface area contributed by atoms with Crippen LogP contribution in [0, 0.1) is 6.92 Å². The molecule has 1 aromatic carbocycles. The van der Waals surface area contributed by atoms with Crippen LogP contribution >= 0.6 is 0 Å². The fourth-order valence-electron chi connectivity index (χ4n) is 2.04. The van der Waals surface area contributed by atoms with E-state index < -0.39 is 11.4 Å². The van der Waals surface area contributed by atoms with Gasteiger partial charge in [-0.15, -0.1) is 0 Å². The number of hydrogen-bond donors (Lipinski definition) is 2. The molecular weight excluding hydrogens is 232 g/mol. The molecule has 0 radical (unpaired) electrons. The van der Waals surface area contributed by atoms with Gasteiger partial charge < -0.3 is 15.8 Å². The first-order valence-electron chi connectivity index (χ1n) is 5.77. The molecule has 96 valence electrons. The fraction of sp³-hybridized carbons (Fsp3) is 0.385. The van der Waals surface area contributed by atoms with Crippen molar-refractivity contribution in [3.05, 3.63) is 35.4 Å². The molecule has 0 spiro atoms. The van der Waals surface area contributed by atoms with Crippen molar-refractivity contribution >= 4 is 11.8 Å². The highest BCUT2D eigenvalue weighted by molar-refractivity contribution is 5.96. The molecule has 1 aliphatic rings. The summed E-state index contributed by atoms with van der Waals surface area (Å²) in [6.45, 7) is 2.52. The summed E-state index contributed by atoms with van der Waals surface area (Å²) in [5.74, 6) is -0.638. The molecule has 1 aromatic rings. The predicted molar refractivity (Wildman–Crippen MR) is 66.0 cm³/mol. The Hall–Kier alpha value is -1.88. The smallest absolute Gasteiger partial charge is 0.252 e. The van der Waals surface area contributed by atoms with Crippen molar-refractivity contribution in [1.29, 1.82) is 0 Å². The number of rotatable bonds is 4. The summed E-state index contributed by atoms with van der Waals surface area (Å²) in [7, 11) is 0. The summed E-state index contributed by atoms with van der Waals surface area (Å²) in [6.07, 6.45) is 0.102. The van der Waals surface area contributed by atoms with E-state index in [2.05, 4.69) is 5.32 Å². The lowest BCUT2D eigenvalue weighted by molar-refractivity contribution is -0.127. The van der Waals surface area contributed by atoms with Crippen LogP contribution in [0.2, 0.25) is 0 Å². The molecule has 1 heterocycles. The number of nitrogens with one attached hydrogen (secondary N) is 1. The Bertz CT molecular complexity index is 481. The van der Waals surface area contributed by atoms with Crippen LogP contribution in [0.5, 0.6) is 0 Å². The standard InChI is InChI=1S/C13H16N2O3/c1-9-4-2-3-5-10(9)12(17)15-13(6-11(14)16)7-18-8-13/h2-5H,6-8H2,1H3,(H2,14,16)(H,15,17). The van der Waals surface area contributed by atoms with Gasteiger partial charge >= 0.3 is 0 Å². The zero-order valence-electron chi connectivity index (χ0n) is 10.2. The van der Waals surface area contributed by atoms with Gasteiger partial charge in [0.05, 0.1) is 25.2 Å². The molecule has 18 heavy (non-hydrogen) atoms. The lowest BCUT2D eigenvalue weighted by Gasteiger charge is -2.41. The Morgan fingerprint density at radius 2 is 2.06 bits per heavy atom. The van der Waals surface area contributed by atoms with E-state index in [-0.39, 0.29) is 12.3 Å². The number of hydrogen-bond acceptors (Lipinski definition) is 3. The third kappa shape index (κ3) is 2.51. The van der Waals surface area contributed by atoms with Crippen LogP contribution in [0.1, 0.15) is 22.3 Å². The van der Waals surface area contributed by atoms with E-state index in [4.69, 9.17) is 10.5 Å². The minimum Gasteiger partial charge on any atom is -0.376 e. The highest BCUT2D eigenvalue weighted by Gasteiger charge is 2.41. The lowest BCUT2D eigenvalue weighted by atomic mass is 9.92. The molecule has 0 bridgehead atoms. The summed E-state index contributed by atoms with van der Waals surface area (Å²) in [6, 6.07) is 7.30. The first-order valence-corrected chi connectivity index (χ1v) is 5.77. The van der Waals surface area contributed by atoms with Gasteiger partial charge in [0.2, 0.25) is 5.91 Å². The number of nitrogens with two attached hydrogens (primary N) is 1. The third-order valence-corrected chi connectivity index (χ3v) is 3.04. The zero-order valence-corrected chi connectivity index (χ0v) is 10.2.